The molecule has 4 nitrogen and oxygen atoms in total. The van der Waals surface area contributed by atoms with Gasteiger partial charge in [0, 0.05) is 18.6 Å². The Bertz CT molecular complexity index is 359. The standard InChI is InChI=1S/C16H28N2O2/c1-3-6-14-17-16(8-4-5-9-16)15(19)18(14)12(2)13-7-10-20-11-13/h12-14,17H,3-11H2,1-2H3. The van der Waals surface area contributed by atoms with E-state index in [0.717, 1.165) is 45.3 Å². The zero-order valence-electron chi connectivity index (χ0n) is 12.9. The first-order valence-electron chi connectivity index (χ1n) is 8.36. The Balaban J connectivity index is 1.80. The third-order valence-corrected chi connectivity index (χ3v) is 5.53. The molecule has 4 heteroatoms. The first-order valence-corrected chi connectivity index (χ1v) is 8.36. The second-order valence-electron chi connectivity index (χ2n) is 6.81. The molecule has 1 N–H and O–H groups in total. The Morgan fingerprint density at radius 3 is 2.80 bits per heavy atom. The molecule has 1 saturated carbocycles. The Morgan fingerprint density at radius 2 is 2.20 bits per heavy atom. The summed E-state index contributed by atoms with van der Waals surface area (Å²) in [7, 11) is 0. The maximum absolute atomic E-state index is 13.0. The average Bonchev–Trinajstić information content (AvgIpc) is 3.15. The number of rotatable bonds is 4. The van der Waals surface area contributed by atoms with E-state index in [9.17, 15) is 4.79 Å². The third kappa shape index (κ3) is 2.27. The maximum Gasteiger partial charge on any atom is 0.244 e. The molecule has 114 valence electrons. The Kier molecular flexibility index (Phi) is 4.04. The largest absolute Gasteiger partial charge is 0.381 e. The van der Waals surface area contributed by atoms with Gasteiger partial charge in [-0.2, -0.15) is 0 Å². The van der Waals surface area contributed by atoms with E-state index in [0.29, 0.717) is 17.9 Å². The molecule has 3 atom stereocenters. The molecule has 3 unspecified atom stereocenters. The van der Waals surface area contributed by atoms with Crippen molar-refractivity contribution in [2.45, 2.75) is 76.5 Å². The highest BCUT2D eigenvalue weighted by Gasteiger charge is 2.53. The van der Waals surface area contributed by atoms with Crippen LogP contribution in [-0.2, 0) is 9.53 Å². The molecule has 2 aliphatic heterocycles. The van der Waals surface area contributed by atoms with Gasteiger partial charge in [0.15, 0.2) is 0 Å². The lowest BCUT2D eigenvalue weighted by Crippen LogP contribution is -2.47. The van der Waals surface area contributed by atoms with E-state index in [1.54, 1.807) is 0 Å². The summed E-state index contributed by atoms with van der Waals surface area (Å²) in [6.45, 7) is 6.09. The second-order valence-corrected chi connectivity index (χ2v) is 6.81. The SMILES string of the molecule is CCCC1NC2(CCCC2)C(=O)N1C(C)C1CCOC1. The molecular weight excluding hydrogens is 252 g/mol. The molecule has 20 heavy (non-hydrogen) atoms. The molecular formula is C16H28N2O2. The number of nitrogens with zero attached hydrogens (tertiary/aromatic N) is 1. The van der Waals surface area contributed by atoms with Crippen LogP contribution in [0.15, 0.2) is 0 Å². The van der Waals surface area contributed by atoms with Crippen LogP contribution in [0.2, 0.25) is 0 Å². The van der Waals surface area contributed by atoms with Crippen molar-refractivity contribution in [3.63, 3.8) is 0 Å². The van der Waals surface area contributed by atoms with E-state index in [2.05, 4.69) is 24.1 Å². The smallest absolute Gasteiger partial charge is 0.244 e. The molecule has 0 aromatic carbocycles. The van der Waals surface area contributed by atoms with Crippen LogP contribution in [0.25, 0.3) is 0 Å². The Hall–Kier alpha value is -0.610. The summed E-state index contributed by atoms with van der Waals surface area (Å²) < 4.78 is 5.53. The zero-order valence-corrected chi connectivity index (χ0v) is 12.9. The van der Waals surface area contributed by atoms with E-state index >= 15 is 0 Å². The zero-order chi connectivity index (χ0) is 14.2. The van der Waals surface area contributed by atoms with Gasteiger partial charge in [0.1, 0.15) is 0 Å². The van der Waals surface area contributed by atoms with Gasteiger partial charge in [-0.05, 0) is 32.6 Å². The molecule has 0 aromatic rings. The minimum atomic E-state index is -0.229. The van der Waals surface area contributed by atoms with Crippen molar-refractivity contribution in [2.24, 2.45) is 5.92 Å². The van der Waals surface area contributed by atoms with Crippen LogP contribution in [0, 0.1) is 5.92 Å². The van der Waals surface area contributed by atoms with Gasteiger partial charge in [-0.15, -0.1) is 0 Å². The number of ether oxygens (including phenoxy) is 1. The molecule has 1 spiro atoms. The molecule has 0 radical (unpaired) electrons. The highest BCUT2D eigenvalue weighted by atomic mass is 16.5. The number of carbonyl (C=O) groups excluding carboxylic acids is 1. The maximum atomic E-state index is 13.0. The fourth-order valence-electron chi connectivity index (χ4n) is 4.29. The van der Waals surface area contributed by atoms with Crippen molar-refractivity contribution in [1.82, 2.24) is 10.2 Å². The van der Waals surface area contributed by atoms with E-state index in [1.807, 2.05) is 0 Å². The van der Waals surface area contributed by atoms with E-state index in [4.69, 9.17) is 4.74 Å². The van der Waals surface area contributed by atoms with Crippen molar-refractivity contribution in [2.75, 3.05) is 13.2 Å². The molecule has 3 fully saturated rings. The molecule has 2 saturated heterocycles. The first-order chi connectivity index (χ1) is 9.68. The predicted molar refractivity (Wildman–Crippen MR) is 78.3 cm³/mol. The minimum Gasteiger partial charge on any atom is -0.381 e. The topological polar surface area (TPSA) is 41.6 Å². The number of amides is 1. The highest BCUT2D eigenvalue weighted by Crippen LogP contribution is 2.39. The summed E-state index contributed by atoms with van der Waals surface area (Å²) in [5, 5.41) is 3.71. The van der Waals surface area contributed by atoms with Crippen LogP contribution in [0.3, 0.4) is 0 Å². The molecule has 1 aliphatic carbocycles. The van der Waals surface area contributed by atoms with Crippen LogP contribution in [0.4, 0.5) is 0 Å². The van der Waals surface area contributed by atoms with Crippen LogP contribution in [-0.4, -0.2) is 41.8 Å². The summed E-state index contributed by atoms with van der Waals surface area (Å²) in [6.07, 6.45) is 7.93. The van der Waals surface area contributed by atoms with Crippen molar-refractivity contribution in [3.05, 3.63) is 0 Å². The predicted octanol–water partition coefficient (Wildman–Crippen LogP) is 2.28. The van der Waals surface area contributed by atoms with Crippen LogP contribution >= 0.6 is 0 Å². The number of carbonyl (C=O) groups is 1. The van der Waals surface area contributed by atoms with E-state index in [1.165, 1.54) is 12.8 Å². The molecule has 3 aliphatic rings. The van der Waals surface area contributed by atoms with Gasteiger partial charge in [0.05, 0.1) is 18.3 Å². The van der Waals surface area contributed by atoms with Crippen molar-refractivity contribution in [3.8, 4) is 0 Å². The van der Waals surface area contributed by atoms with Crippen LogP contribution < -0.4 is 5.32 Å². The molecule has 2 heterocycles. The van der Waals surface area contributed by atoms with Gasteiger partial charge in [-0.25, -0.2) is 0 Å². The summed E-state index contributed by atoms with van der Waals surface area (Å²) in [5.41, 5.74) is -0.229. The fourth-order valence-corrected chi connectivity index (χ4v) is 4.29. The molecule has 0 bridgehead atoms. The number of hydrogen-bond donors (Lipinski definition) is 1. The Labute approximate surface area is 122 Å². The average molecular weight is 280 g/mol. The molecule has 0 aromatic heterocycles. The summed E-state index contributed by atoms with van der Waals surface area (Å²) >= 11 is 0. The minimum absolute atomic E-state index is 0.229. The third-order valence-electron chi connectivity index (χ3n) is 5.53. The normalized spacial score (nSPS) is 34.3. The van der Waals surface area contributed by atoms with Crippen LogP contribution in [0.1, 0.15) is 58.8 Å². The highest BCUT2D eigenvalue weighted by molar-refractivity contribution is 5.89. The molecule has 3 rings (SSSR count). The van der Waals surface area contributed by atoms with E-state index in [-0.39, 0.29) is 11.7 Å². The van der Waals surface area contributed by atoms with Crippen molar-refractivity contribution >= 4 is 5.91 Å². The molecule has 1 amide bonds. The van der Waals surface area contributed by atoms with Gasteiger partial charge in [0.25, 0.3) is 0 Å². The number of hydrogen-bond acceptors (Lipinski definition) is 3. The number of nitrogens with one attached hydrogen (secondary N) is 1. The van der Waals surface area contributed by atoms with Gasteiger partial charge in [-0.1, -0.05) is 26.2 Å². The van der Waals surface area contributed by atoms with Crippen molar-refractivity contribution < 1.29 is 9.53 Å². The van der Waals surface area contributed by atoms with Gasteiger partial charge in [0.2, 0.25) is 5.91 Å². The lowest BCUT2D eigenvalue weighted by atomic mass is 9.95. The van der Waals surface area contributed by atoms with Gasteiger partial charge in [-0.3, -0.25) is 10.1 Å². The van der Waals surface area contributed by atoms with Gasteiger partial charge >= 0.3 is 0 Å². The lowest BCUT2D eigenvalue weighted by molar-refractivity contribution is -0.136. The van der Waals surface area contributed by atoms with E-state index < -0.39 is 0 Å². The summed E-state index contributed by atoms with van der Waals surface area (Å²) in [4.78, 5) is 15.2. The summed E-state index contributed by atoms with van der Waals surface area (Å²) in [5.74, 6) is 0.879. The fraction of sp³-hybridized carbons (Fsp3) is 0.938. The second kappa shape index (κ2) is 5.64. The monoisotopic (exact) mass is 280 g/mol. The Morgan fingerprint density at radius 1 is 1.45 bits per heavy atom. The lowest BCUT2D eigenvalue weighted by Gasteiger charge is -2.33. The van der Waals surface area contributed by atoms with Crippen LogP contribution in [0.5, 0.6) is 0 Å². The van der Waals surface area contributed by atoms with Crippen molar-refractivity contribution in [1.29, 1.82) is 0 Å². The quantitative estimate of drug-likeness (QED) is 0.859. The first kappa shape index (κ1) is 14.3. The summed E-state index contributed by atoms with van der Waals surface area (Å²) in [6, 6.07) is 0.300. The van der Waals surface area contributed by atoms with Gasteiger partial charge < -0.3 is 9.64 Å².